The summed E-state index contributed by atoms with van der Waals surface area (Å²) >= 11 is 1.63. The van der Waals surface area contributed by atoms with Gasteiger partial charge in [0.2, 0.25) is 5.91 Å². The molecule has 150 valence electrons. The van der Waals surface area contributed by atoms with Crippen LogP contribution in [0.1, 0.15) is 43.0 Å². The van der Waals surface area contributed by atoms with Crippen molar-refractivity contribution in [1.82, 2.24) is 10.2 Å². The number of urea groups is 1. The largest absolute Gasteiger partial charge is 0.333 e. The first kappa shape index (κ1) is 20.4. The highest BCUT2D eigenvalue weighted by molar-refractivity contribution is 7.09. The fourth-order valence-electron chi connectivity index (χ4n) is 3.44. The Morgan fingerprint density at radius 2 is 2.04 bits per heavy atom. The molecule has 2 aromatic rings. The van der Waals surface area contributed by atoms with Gasteiger partial charge in [-0.3, -0.25) is 4.79 Å². The van der Waals surface area contributed by atoms with E-state index in [1.807, 2.05) is 29.6 Å². The van der Waals surface area contributed by atoms with Crippen molar-refractivity contribution in [2.45, 2.75) is 45.6 Å². The Kier molecular flexibility index (Phi) is 7.48. The van der Waals surface area contributed by atoms with Crippen molar-refractivity contribution in [3.63, 3.8) is 0 Å². The lowest BCUT2D eigenvalue weighted by Crippen LogP contribution is -2.47. The summed E-state index contributed by atoms with van der Waals surface area (Å²) in [6.45, 7) is 3.89. The Balaban J connectivity index is 1.48. The summed E-state index contributed by atoms with van der Waals surface area (Å²) in [5, 5.41) is 7.96. The lowest BCUT2D eigenvalue weighted by atomic mass is 9.97. The zero-order valence-corrected chi connectivity index (χ0v) is 17.3. The van der Waals surface area contributed by atoms with Crippen LogP contribution in [0.25, 0.3) is 0 Å². The fourth-order valence-corrected chi connectivity index (χ4v) is 4.09. The van der Waals surface area contributed by atoms with E-state index in [2.05, 4.69) is 29.7 Å². The Labute approximate surface area is 171 Å². The summed E-state index contributed by atoms with van der Waals surface area (Å²) in [7, 11) is 0. The predicted molar refractivity (Wildman–Crippen MR) is 115 cm³/mol. The molecule has 0 aliphatic carbocycles. The van der Waals surface area contributed by atoms with Crippen LogP contribution in [0.3, 0.4) is 0 Å². The third-order valence-corrected chi connectivity index (χ3v) is 5.99. The molecule has 5 nitrogen and oxygen atoms in total. The number of benzene rings is 1. The number of hydrogen-bond acceptors (Lipinski definition) is 3. The maximum atomic E-state index is 12.7. The van der Waals surface area contributed by atoms with Crippen LogP contribution in [-0.4, -0.2) is 29.9 Å². The molecule has 2 N–H and O–H groups in total. The van der Waals surface area contributed by atoms with E-state index < -0.39 is 0 Å². The number of anilines is 1. The van der Waals surface area contributed by atoms with Crippen LogP contribution >= 0.6 is 11.3 Å². The standard InChI is InChI=1S/C22H29N3O2S/c1-2-3-6-17-9-11-19(12-10-17)24-21(26)18-7-4-13-25(16-18)22(27)23-15-20-8-5-14-28-20/h5,8-12,14,18H,2-4,6-7,13,15-16H2,1H3,(H,23,27)(H,24,26). The van der Waals surface area contributed by atoms with E-state index in [0.29, 0.717) is 19.6 Å². The Morgan fingerprint density at radius 1 is 1.21 bits per heavy atom. The maximum Gasteiger partial charge on any atom is 0.317 e. The maximum absolute atomic E-state index is 12.7. The van der Waals surface area contributed by atoms with E-state index in [1.54, 1.807) is 16.2 Å². The molecule has 0 saturated carbocycles. The minimum absolute atomic E-state index is 0.00272. The van der Waals surface area contributed by atoms with Crippen LogP contribution in [0, 0.1) is 5.92 Å². The van der Waals surface area contributed by atoms with E-state index in [-0.39, 0.29) is 17.9 Å². The zero-order chi connectivity index (χ0) is 19.8. The smallest absolute Gasteiger partial charge is 0.317 e. The number of likely N-dealkylation sites (tertiary alicyclic amines) is 1. The number of piperidine rings is 1. The molecule has 3 amide bonds. The van der Waals surface area contributed by atoms with Gasteiger partial charge in [-0.1, -0.05) is 31.5 Å². The summed E-state index contributed by atoms with van der Waals surface area (Å²) in [4.78, 5) is 28.0. The zero-order valence-electron chi connectivity index (χ0n) is 16.4. The van der Waals surface area contributed by atoms with Crippen LogP contribution in [-0.2, 0) is 17.8 Å². The number of carbonyl (C=O) groups excluding carboxylic acids is 2. The molecule has 1 aromatic heterocycles. The molecule has 3 rings (SSSR count). The van der Waals surface area contributed by atoms with E-state index in [1.165, 1.54) is 18.4 Å². The lowest BCUT2D eigenvalue weighted by Gasteiger charge is -2.32. The Bertz CT molecular complexity index is 759. The van der Waals surface area contributed by atoms with Gasteiger partial charge in [-0.15, -0.1) is 11.3 Å². The summed E-state index contributed by atoms with van der Waals surface area (Å²) in [5.74, 6) is -0.168. The van der Waals surface area contributed by atoms with Crippen LogP contribution < -0.4 is 10.6 Å². The minimum atomic E-state index is -0.166. The monoisotopic (exact) mass is 399 g/mol. The van der Waals surface area contributed by atoms with E-state index in [4.69, 9.17) is 0 Å². The van der Waals surface area contributed by atoms with Gasteiger partial charge >= 0.3 is 6.03 Å². The normalized spacial score (nSPS) is 16.6. The second-order valence-corrected chi connectivity index (χ2v) is 8.35. The molecular weight excluding hydrogens is 370 g/mol. The van der Waals surface area contributed by atoms with Crippen molar-refractivity contribution >= 4 is 29.0 Å². The van der Waals surface area contributed by atoms with Gasteiger partial charge in [0.25, 0.3) is 0 Å². The fraction of sp³-hybridized carbons (Fsp3) is 0.455. The molecule has 0 bridgehead atoms. The van der Waals surface area contributed by atoms with Gasteiger partial charge in [-0.25, -0.2) is 4.79 Å². The lowest BCUT2D eigenvalue weighted by molar-refractivity contribution is -0.121. The molecule has 1 aliphatic rings. The van der Waals surface area contributed by atoms with E-state index in [9.17, 15) is 9.59 Å². The number of nitrogens with zero attached hydrogens (tertiary/aromatic N) is 1. The molecule has 1 aromatic carbocycles. The summed E-state index contributed by atoms with van der Waals surface area (Å²) in [5.41, 5.74) is 2.12. The van der Waals surface area contributed by atoms with Gasteiger partial charge < -0.3 is 15.5 Å². The van der Waals surface area contributed by atoms with Crippen LogP contribution in [0.15, 0.2) is 41.8 Å². The van der Waals surface area contributed by atoms with E-state index >= 15 is 0 Å². The SMILES string of the molecule is CCCCc1ccc(NC(=O)C2CCCN(C(=O)NCc3cccs3)C2)cc1. The van der Waals surface area contributed by atoms with Crippen molar-refractivity contribution in [2.75, 3.05) is 18.4 Å². The second kappa shape index (κ2) is 10.3. The molecule has 6 heteroatoms. The molecule has 2 heterocycles. The van der Waals surface area contributed by atoms with Crippen LogP contribution in [0.2, 0.25) is 0 Å². The summed E-state index contributed by atoms with van der Waals surface area (Å²) < 4.78 is 0. The average molecular weight is 400 g/mol. The number of carbonyl (C=O) groups is 2. The number of hydrogen-bond donors (Lipinski definition) is 2. The third-order valence-electron chi connectivity index (χ3n) is 5.11. The van der Waals surface area contributed by atoms with Gasteiger partial charge in [-0.2, -0.15) is 0 Å². The molecule has 1 aliphatic heterocycles. The van der Waals surface area contributed by atoms with E-state index in [0.717, 1.165) is 29.8 Å². The van der Waals surface area contributed by atoms with Gasteiger partial charge in [0.15, 0.2) is 0 Å². The number of rotatable bonds is 7. The van der Waals surface area contributed by atoms with Gasteiger partial charge in [0.05, 0.1) is 12.5 Å². The first-order chi connectivity index (χ1) is 13.7. The highest BCUT2D eigenvalue weighted by Crippen LogP contribution is 2.20. The quantitative estimate of drug-likeness (QED) is 0.712. The summed E-state index contributed by atoms with van der Waals surface area (Å²) in [6.07, 6.45) is 5.09. The Morgan fingerprint density at radius 3 is 2.75 bits per heavy atom. The topological polar surface area (TPSA) is 61.4 Å². The number of unbranched alkanes of at least 4 members (excludes halogenated alkanes) is 1. The van der Waals surface area contributed by atoms with Crippen molar-refractivity contribution in [2.24, 2.45) is 5.92 Å². The van der Waals surface area contributed by atoms with Crippen molar-refractivity contribution in [3.8, 4) is 0 Å². The van der Waals surface area contributed by atoms with Crippen LogP contribution in [0.4, 0.5) is 10.5 Å². The van der Waals surface area contributed by atoms with Gasteiger partial charge in [0.1, 0.15) is 0 Å². The van der Waals surface area contributed by atoms with Crippen molar-refractivity contribution in [1.29, 1.82) is 0 Å². The highest BCUT2D eigenvalue weighted by atomic mass is 32.1. The molecular formula is C22H29N3O2S. The van der Waals surface area contributed by atoms with Crippen molar-refractivity contribution in [3.05, 3.63) is 52.2 Å². The molecule has 1 saturated heterocycles. The molecule has 0 spiro atoms. The molecule has 0 radical (unpaired) electrons. The summed E-state index contributed by atoms with van der Waals surface area (Å²) in [6, 6.07) is 12.0. The molecule has 1 atom stereocenters. The Hall–Kier alpha value is -2.34. The van der Waals surface area contributed by atoms with Gasteiger partial charge in [-0.05, 0) is 54.8 Å². The number of thiophene rings is 1. The predicted octanol–water partition coefficient (Wildman–Crippen LogP) is 4.65. The second-order valence-electron chi connectivity index (χ2n) is 7.31. The average Bonchev–Trinajstić information content (AvgIpc) is 3.25. The molecule has 1 fully saturated rings. The third kappa shape index (κ3) is 5.83. The van der Waals surface area contributed by atoms with Gasteiger partial charge in [0, 0.05) is 23.7 Å². The number of aryl methyl sites for hydroxylation is 1. The number of nitrogens with one attached hydrogen (secondary N) is 2. The first-order valence-corrected chi connectivity index (χ1v) is 11.0. The molecule has 28 heavy (non-hydrogen) atoms. The minimum Gasteiger partial charge on any atom is -0.333 e. The molecule has 1 unspecified atom stereocenters. The van der Waals surface area contributed by atoms with Crippen molar-refractivity contribution < 1.29 is 9.59 Å². The van der Waals surface area contributed by atoms with Crippen LogP contribution in [0.5, 0.6) is 0 Å². The first-order valence-electron chi connectivity index (χ1n) is 10.1. The highest BCUT2D eigenvalue weighted by Gasteiger charge is 2.28. The number of amides is 3.